The molecule has 2 heterocycles. The van der Waals surface area contributed by atoms with Gasteiger partial charge in [-0.2, -0.15) is 11.3 Å². The third-order valence-corrected chi connectivity index (χ3v) is 4.86. The number of amides is 2. The zero-order valence-electron chi connectivity index (χ0n) is 11.7. The lowest BCUT2D eigenvalue weighted by Crippen LogP contribution is -2.37. The Labute approximate surface area is 135 Å². The van der Waals surface area contributed by atoms with E-state index in [0.29, 0.717) is 6.54 Å². The van der Waals surface area contributed by atoms with E-state index in [9.17, 15) is 9.90 Å². The standard InChI is InChI=1S/C15H15N3O2S2/c19-12(10-5-6-21-9-10)7-16-15(20)17-8-14-18-11-3-1-2-4-13(11)22-14/h1-6,9,12,19H,7-8H2,(H2,16,17,20). The fourth-order valence-electron chi connectivity index (χ4n) is 1.99. The Balaban J connectivity index is 1.48. The van der Waals surface area contributed by atoms with Crippen LogP contribution >= 0.6 is 22.7 Å². The van der Waals surface area contributed by atoms with Gasteiger partial charge in [0, 0.05) is 6.54 Å². The van der Waals surface area contributed by atoms with Crippen LogP contribution in [-0.2, 0) is 6.54 Å². The molecule has 0 aliphatic carbocycles. The second kappa shape index (κ2) is 6.87. The number of aromatic nitrogens is 1. The summed E-state index contributed by atoms with van der Waals surface area (Å²) in [5, 5.41) is 19.9. The number of hydrogen-bond acceptors (Lipinski definition) is 5. The van der Waals surface area contributed by atoms with Crippen molar-refractivity contribution in [1.29, 1.82) is 0 Å². The molecule has 0 saturated carbocycles. The molecule has 0 saturated heterocycles. The number of aliphatic hydroxyl groups excluding tert-OH is 1. The van der Waals surface area contributed by atoms with Gasteiger partial charge in [-0.15, -0.1) is 11.3 Å². The van der Waals surface area contributed by atoms with Crippen molar-refractivity contribution in [2.45, 2.75) is 12.6 Å². The summed E-state index contributed by atoms with van der Waals surface area (Å²) in [4.78, 5) is 16.2. The van der Waals surface area contributed by atoms with Gasteiger partial charge < -0.3 is 15.7 Å². The quantitative estimate of drug-likeness (QED) is 0.672. The number of nitrogens with zero attached hydrogens (tertiary/aromatic N) is 1. The molecule has 3 aromatic rings. The topological polar surface area (TPSA) is 74.2 Å². The van der Waals surface area contributed by atoms with E-state index >= 15 is 0 Å². The highest BCUT2D eigenvalue weighted by Crippen LogP contribution is 2.21. The number of urea groups is 1. The summed E-state index contributed by atoms with van der Waals surface area (Å²) in [6.07, 6.45) is -0.681. The number of carbonyl (C=O) groups is 1. The number of carbonyl (C=O) groups excluding carboxylic acids is 1. The molecule has 3 rings (SSSR count). The number of hydrogen-bond donors (Lipinski definition) is 3. The van der Waals surface area contributed by atoms with Gasteiger partial charge in [0.15, 0.2) is 0 Å². The summed E-state index contributed by atoms with van der Waals surface area (Å²) in [6, 6.07) is 9.40. The molecular formula is C15H15N3O2S2. The number of rotatable bonds is 5. The summed E-state index contributed by atoms with van der Waals surface area (Å²) >= 11 is 3.08. The summed E-state index contributed by atoms with van der Waals surface area (Å²) in [5.74, 6) is 0. The molecule has 114 valence electrons. The van der Waals surface area contributed by atoms with Crippen LogP contribution in [-0.4, -0.2) is 22.7 Å². The molecule has 0 radical (unpaired) electrons. The lowest BCUT2D eigenvalue weighted by molar-refractivity contribution is 0.173. The Hall–Kier alpha value is -1.96. The highest BCUT2D eigenvalue weighted by Gasteiger charge is 2.10. The minimum Gasteiger partial charge on any atom is -0.387 e. The zero-order valence-corrected chi connectivity index (χ0v) is 13.3. The molecule has 2 aromatic heterocycles. The van der Waals surface area contributed by atoms with E-state index in [2.05, 4.69) is 15.6 Å². The minimum atomic E-state index is -0.681. The minimum absolute atomic E-state index is 0.183. The zero-order chi connectivity index (χ0) is 15.4. The summed E-state index contributed by atoms with van der Waals surface area (Å²) in [6.45, 7) is 0.558. The molecule has 0 bridgehead atoms. The van der Waals surface area contributed by atoms with E-state index < -0.39 is 6.10 Å². The Morgan fingerprint density at radius 3 is 2.91 bits per heavy atom. The van der Waals surface area contributed by atoms with Crippen LogP contribution in [0.4, 0.5) is 4.79 Å². The molecule has 0 spiro atoms. The number of para-hydroxylation sites is 1. The summed E-state index contributed by atoms with van der Waals surface area (Å²) < 4.78 is 1.10. The van der Waals surface area contributed by atoms with E-state index in [-0.39, 0.29) is 12.6 Å². The summed E-state index contributed by atoms with van der Waals surface area (Å²) in [7, 11) is 0. The van der Waals surface area contributed by atoms with Crippen molar-refractivity contribution in [3.8, 4) is 0 Å². The largest absolute Gasteiger partial charge is 0.387 e. The van der Waals surface area contributed by atoms with Crippen LogP contribution in [0.1, 0.15) is 16.7 Å². The van der Waals surface area contributed by atoms with Crippen LogP contribution in [0.5, 0.6) is 0 Å². The normalized spacial score (nSPS) is 12.2. The average Bonchev–Trinajstić information content (AvgIpc) is 3.19. The second-order valence-corrected chi connectivity index (χ2v) is 6.61. The molecule has 1 atom stereocenters. The van der Waals surface area contributed by atoms with Gasteiger partial charge >= 0.3 is 6.03 Å². The van der Waals surface area contributed by atoms with Crippen LogP contribution in [0, 0.1) is 0 Å². The highest BCUT2D eigenvalue weighted by atomic mass is 32.1. The fraction of sp³-hybridized carbons (Fsp3) is 0.200. The van der Waals surface area contributed by atoms with Crippen LogP contribution in [0.3, 0.4) is 0 Å². The maximum Gasteiger partial charge on any atom is 0.315 e. The number of thiazole rings is 1. The van der Waals surface area contributed by atoms with E-state index in [4.69, 9.17) is 0 Å². The third kappa shape index (κ3) is 3.62. The molecular weight excluding hydrogens is 318 g/mol. The first-order valence-electron chi connectivity index (χ1n) is 6.78. The summed E-state index contributed by atoms with van der Waals surface area (Å²) in [5.41, 5.74) is 1.76. The molecule has 1 unspecified atom stereocenters. The average molecular weight is 333 g/mol. The number of benzene rings is 1. The first-order valence-corrected chi connectivity index (χ1v) is 8.54. The first kappa shape index (κ1) is 15.0. The van der Waals surface area contributed by atoms with Gasteiger partial charge in [-0.25, -0.2) is 9.78 Å². The van der Waals surface area contributed by atoms with Crippen molar-refractivity contribution in [3.05, 3.63) is 51.7 Å². The van der Waals surface area contributed by atoms with Gasteiger partial charge in [0.25, 0.3) is 0 Å². The lowest BCUT2D eigenvalue weighted by atomic mass is 10.2. The van der Waals surface area contributed by atoms with E-state index in [0.717, 1.165) is 20.8 Å². The molecule has 0 aliphatic rings. The van der Waals surface area contributed by atoms with Gasteiger partial charge in [0.2, 0.25) is 0 Å². The van der Waals surface area contributed by atoms with Crippen molar-refractivity contribution in [1.82, 2.24) is 15.6 Å². The molecule has 1 aromatic carbocycles. The second-order valence-electron chi connectivity index (χ2n) is 4.71. The molecule has 3 N–H and O–H groups in total. The fourth-order valence-corrected chi connectivity index (χ4v) is 3.60. The van der Waals surface area contributed by atoms with E-state index in [1.807, 2.05) is 41.1 Å². The lowest BCUT2D eigenvalue weighted by Gasteiger charge is -2.10. The van der Waals surface area contributed by atoms with Crippen LogP contribution < -0.4 is 10.6 Å². The number of aliphatic hydroxyl groups is 1. The first-order chi connectivity index (χ1) is 10.7. The van der Waals surface area contributed by atoms with Crippen LogP contribution in [0.15, 0.2) is 41.1 Å². The van der Waals surface area contributed by atoms with Crippen LogP contribution in [0.2, 0.25) is 0 Å². The molecule has 22 heavy (non-hydrogen) atoms. The predicted octanol–water partition coefficient (Wildman–Crippen LogP) is 2.89. The Bertz CT molecular complexity index is 722. The number of thiophene rings is 1. The van der Waals surface area contributed by atoms with E-state index in [1.165, 1.54) is 11.3 Å². The molecule has 0 fully saturated rings. The molecule has 2 amide bonds. The van der Waals surface area contributed by atoms with Gasteiger partial charge in [0.05, 0.1) is 22.9 Å². The maximum atomic E-state index is 11.8. The SMILES string of the molecule is O=C(NCc1nc2ccccc2s1)NCC(O)c1ccsc1. The van der Waals surface area contributed by atoms with Crippen molar-refractivity contribution in [3.63, 3.8) is 0 Å². The van der Waals surface area contributed by atoms with Crippen molar-refractivity contribution in [2.24, 2.45) is 0 Å². The Kier molecular flexibility index (Phi) is 4.67. The maximum absolute atomic E-state index is 11.8. The van der Waals surface area contributed by atoms with Crippen molar-refractivity contribution < 1.29 is 9.90 Å². The molecule has 0 aliphatic heterocycles. The van der Waals surface area contributed by atoms with Gasteiger partial charge in [-0.3, -0.25) is 0 Å². The van der Waals surface area contributed by atoms with Gasteiger partial charge in [0.1, 0.15) is 5.01 Å². The Morgan fingerprint density at radius 1 is 1.27 bits per heavy atom. The number of fused-ring (bicyclic) bond motifs is 1. The molecule has 5 nitrogen and oxygen atoms in total. The van der Waals surface area contributed by atoms with Gasteiger partial charge in [-0.1, -0.05) is 12.1 Å². The monoisotopic (exact) mass is 333 g/mol. The third-order valence-electron chi connectivity index (χ3n) is 3.12. The van der Waals surface area contributed by atoms with Crippen molar-refractivity contribution >= 4 is 38.9 Å². The van der Waals surface area contributed by atoms with Crippen LogP contribution in [0.25, 0.3) is 10.2 Å². The van der Waals surface area contributed by atoms with Crippen molar-refractivity contribution in [2.75, 3.05) is 6.54 Å². The predicted molar refractivity (Wildman–Crippen MR) is 89.1 cm³/mol. The highest BCUT2D eigenvalue weighted by molar-refractivity contribution is 7.18. The smallest absolute Gasteiger partial charge is 0.315 e. The number of nitrogens with one attached hydrogen (secondary N) is 2. The van der Waals surface area contributed by atoms with E-state index in [1.54, 1.807) is 11.3 Å². The Morgan fingerprint density at radius 2 is 2.14 bits per heavy atom. The molecule has 7 heteroatoms. The van der Waals surface area contributed by atoms with Gasteiger partial charge in [-0.05, 0) is 34.5 Å².